The summed E-state index contributed by atoms with van der Waals surface area (Å²) in [7, 11) is 2.04. The number of aromatic nitrogens is 1. The lowest BCUT2D eigenvalue weighted by Crippen LogP contribution is -2.37. The van der Waals surface area contributed by atoms with Crippen LogP contribution in [0.2, 0.25) is 0 Å². The van der Waals surface area contributed by atoms with E-state index in [1.807, 2.05) is 32.7 Å². The van der Waals surface area contributed by atoms with Crippen molar-refractivity contribution < 1.29 is 9.18 Å². The average molecular weight is 364 g/mol. The minimum Gasteiger partial charge on any atom is -0.337 e. The summed E-state index contributed by atoms with van der Waals surface area (Å²) in [5.74, 6) is -0.290. The van der Waals surface area contributed by atoms with Gasteiger partial charge in [0.15, 0.2) is 0 Å². The molecule has 0 aliphatic heterocycles. The fourth-order valence-corrected chi connectivity index (χ4v) is 3.65. The molecule has 4 nitrogen and oxygen atoms in total. The van der Waals surface area contributed by atoms with Crippen molar-refractivity contribution in [1.82, 2.24) is 14.8 Å². The number of halogens is 1. The molecule has 6 heteroatoms. The maximum Gasteiger partial charge on any atom is 0.265 e. The van der Waals surface area contributed by atoms with Crippen LogP contribution < -0.4 is 0 Å². The Morgan fingerprint density at radius 2 is 1.92 bits per heavy atom. The highest BCUT2D eigenvalue weighted by atomic mass is 32.1. The summed E-state index contributed by atoms with van der Waals surface area (Å²) in [6.07, 6.45) is 0. The molecule has 0 unspecified atom stereocenters. The van der Waals surface area contributed by atoms with Crippen molar-refractivity contribution in [3.63, 3.8) is 0 Å². The lowest BCUT2D eigenvalue weighted by molar-refractivity contribution is 0.0755. The van der Waals surface area contributed by atoms with Crippen molar-refractivity contribution >= 4 is 17.2 Å². The van der Waals surface area contributed by atoms with E-state index in [1.54, 1.807) is 6.07 Å². The number of thiazole rings is 1. The van der Waals surface area contributed by atoms with Crippen molar-refractivity contribution in [2.24, 2.45) is 0 Å². The molecule has 2 aromatic rings. The Morgan fingerprint density at radius 1 is 1.20 bits per heavy atom. The third-order valence-corrected chi connectivity index (χ3v) is 5.56. The smallest absolute Gasteiger partial charge is 0.265 e. The van der Waals surface area contributed by atoms with Gasteiger partial charge < -0.3 is 9.80 Å². The molecule has 0 aliphatic carbocycles. The van der Waals surface area contributed by atoms with Crippen LogP contribution in [0, 0.1) is 19.7 Å². The summed E-state index contributed by atoms with van der Waals surface area (Å²) in [6.45, 7) is 11.0. The fraction of sp³-hybridized carbons (Fsp3) is 0.474. The molecule has 25 heavy (non-hydrogen) atoms. The number of aryl methyl sites for hydroxylation is 2. The number of carbonyl (C=O) groups is 1. The summed E-state index contributed by atoms with van der Waals surface area (Å²) in [5.41, 5.74) is 2.41. The van der Waals surface area contributed by atoms with Crippen molar-refractivity contribution in [1.29, 1.82) is 0 Å². The molecular weight excluding hydrogens is 337 g/mol. The standard InChI is InChI=1S/C19H26FN3OS/c1-6-22(5)10-11-23(7-2)19(24)17-14(4)21-18(25-17)16-12-15(20)9-8-13(16)3/h8-9,12H,6-7,10-11H2,1-5H3. The number of rotatable bonds is 7. The van der Waals surface area contributed by atoms with Crippen molar-refractivity contribution in [2.75, 3.05) is 33.2 Å². The molecule has 0 spiro atoms. The maximum atomic E-state index is 13.6. The predicted octanol–water partition coefficient (Wildman–Crippen LogP) is 3.98. The minimum atomic E-state index is -0.292. The summed E-state index contributed by atoms with van der Waals surface area (Å²) < 4.78 is 13.6. The summed E-state index contributed by atoms with van der Waals surface area (Å²) in [4.78, 5) is 22.1. The minimum absolute atomic E-state index is 0.00214. The van der Waals surface area contributed by atoms with Gasteiger partial charge in [-0.25, -0.2) is 9.37 Å². The van der Waals surface area contributed by atoms with Crippen molar-refractivity contribution in [2.45, 2.75) is 27.7 Å². The molecule has 0 radical (unpaired) electrons. The van der Waals surface area contributed by atoms with E-state index < -0.39 is 0 Å². The van der Waals surface area contributed by atoms with E-state index in [1.165, 1.54) is 23.5 Å². The number of likely N-dealkylation sites (N-methyl/N-ethyl adjacent to an activating group) is 2. The molecule has 0 saturated carbocycles. The molecule has 0 saturated heterocycles. The van der Waals surface area contributed by atoms with Crippen molar-refractivity contribution in [3.05, 3.63) is 40.2 Å². The average Bonchev–Trinajstić information content (AvgIpc) is 2.98. The van der Waals surface area contributed by atoms with E-state index in [-0.39, 0.29) is 11.7 Å². The Bertz CT molecular complexity index is 744. The maximum absolute atomic E-state index is 13.6. The highest BCUT2D eigenvalue weighted by Crippen LogP contribution is 2.31. The molecule has 0 bridgehead atoms. The van der Waals surface area contributed by atoms with E-state index in [9.17, 15) is 9.18 Å². The van der Waals surface area contributed by atoms with Gasteiger partial charge in [0.2, 0.25) is 0 Å². The summed E-state index contributed by atoms with van der Waals surface area (Å²) >= 11 is 1.34. The first-order valence-electron chi connectivity index (χ1n) is 8.59. The molecule has 2 rings (SSSR count). The highest BCUT2D eigenvalue weighted by molar-refractivity contribution is 7.17. The van der Waals surface area contributed by atoms with Crippen LogP contribution in [0.4, 0.5) is 4.39 Å². The van der Waals surface area contributed by atoms with E-state index in [0.717, 1.165) is 24.2 Å². The second-order valence-electron chi connectivity index (χ2n) is 6.17. The van der Waals surface area contributed by atoms with Crippen LogP contribution in [0.15, 0.2) is 18.2 Å². The van der Waals surface area contributed by atoms with Gasteiger partial charge in [0.1, 0.15) is 15.7 Å². The summed E-state index contributed by atoms with van der Waals surface area (Å²) in [6, 6.07) is 4.66. The molecular formula is C19H26FN3OS. The first kappa shape index (κ1) is 19.5. The molecule has 0 N–H and O–H groups in total. The van der Waals surface area contributed by atoms with E-state index in [4.69, 9.17) is 0 Å². The van der Waals surface area contributed by atoms with Gasteiger partial charge in [-0.3, -0.25) is 4.79 Å². The van der Waals surface area contributed by atoms with E-state index in [0.29, 0.717) is 28.7 Å². The highest BCUT2D eigenvalue weighted by Gasteiger charge is 2.21. The normalized spacial score (nSPS) is 11.2. The zero-order valence-corrected chi connectivity index (χ0v) is 16.4. The molecule has 1 aromatic heterocycles. The first-order chi connectivity index (χ1) is 11.9. The number of benzene rings is 1. The number of carbonyl (C=O) groups excluding carboxylic acids is 1. The monoisotopic (exact) mass is 363 g/mol. The zero-order chi connectivity index (χ0) is 18.6. The van der Waals surface area contributed by atoms with Crippen LogP contribution in [0.1, 0.15) is 34.8 Å². The third kappa shape index (κ3) is 4.64. The van der Waals surface area contributed by atoms with Gasteiger partial charge in [-0.05, 0) is 52.1 Å². The first-order valence-corrected chi connectivity index (χ1v) is 9.40. The number of hydrogen-bond acceptors (Lipinski definition) is 4. The topological polar surface area (TPSA) is 36.4 Å². The number of amides is 1. The van der Waals surface area contributed by atoms with Gasteiger partial charge in [0.05, 0.1) is 5.69 Å². The van der Waals surface area contributed by atoms with Gasteiger partial charge in [0.25, 0.3) is 5.91 Å². The Labute approximate surface area is 153 Å². The summed E-state index contributed by atoms with van der Waals surface area (Å²) in [5, 5.41) is 0.694. The quantitative estimate of drug-likeness (QED) is 0.747. The zero-order valence-electron chi connectivity index (χ0n) is 15.6. The lowest BCUT2D eigenvalue weighted by atomic mass is 10.1. The molecule has 1 heterocycles. The van der Waals surface area contributed by atoms with E-state index in [2.05, 4.69) is 16.8 Å². The van der Waals surface area contributed by atoms with Crippen LogP contribution in [0.3, 0.4) is 0 Å². The van der Waals surface area contributed by atoms with Gasteiger partial charge in [-0.2, -0.15) is 0 Å². The Hall–Kier alpha value is -1.79. The number of hydrogen-bond donors (Lipinski definition) is 0. The second-order valence-corrected chi connectivity index (χ2v) is 7.17. The van der Waals surface area contributed by atoms with Crippen LogP contribution in [0.5, 0.6) is 0 Å². The second kappa shape index (κ2) is 8.54. The number of nitrogens with zero attached hydrogens (tertiary/aromatic N) is 3. The molecule has 1 aromatic carbocycles. The van der Waals surface area contributed by atoms with Crippen LogP contribution in [-0.4, -0.2) is 53.9 Å². The SMILES string of the molecule is CCN(C)CCN(CC)C(=O)c1sc(-c2cc(F)ccc2C)nc1C. The van der Waals surface area contributed by atoms with Gasteiger partial charge in [-0.1, -0.05) is 13.0 Å². The third-order valence-electron chi connectivity index (χ3n) is 4.38. The van der Waals surface area contributed by atoms with Crippen LogP contribution >= 0.6 is 11.3 Å². The lowest BCUT2D eigenvalue weighted by Gasteiger charge is -2.23. The Kier molecular flexibility index (Phi) is 6.67. The van der Waals surface area contributed by atoms with Gasteiger partial charge in [-0.15, -0.1) is 11.3 Å². The molecule has 0 fully saturated rings. The predicted molar refractivity (Wildman–Crippen MR) is 102 cm³/mol. The molecule has 0 aliphatic rings. The Morgan fingerprint density at radius 3 is 2.56 bits per heavy atom. The molecule has 1 amide bonds. The van der Waals surface area contributed by atoms with Gasteiger partial charge >= 0.3 is 0 Å². The molecule has 0 atom stereocenters. The van der Waals surface area contributed by atoms with E-state index >= 15 is 0 Å². The largest absolute Gasteiger partial charge is 0.337 e. The molecule has 136 valence electrons. The Balaban J connectivity index is 2.26. The van der Waals surface area contributed by atoms with Crippen molar-refractivity contribution in [3.8, 4) is 10.6 Å². The van der Waals surface area contributed by atoms with Crippen LogP contribution in [0.25, 0.3) is 10.6 Å². The van der Waals surface area contributed by atoms with Gasteiger partial charge in [0, 0.05) is 25.2 Å². The fourth-order valence-electron chi connectivity index (χ4n) is 2.53. The van der Waals surface area contributed by atoms with Crippen LogP contribution in [-0.2, 0) is 0 Å².